The number of nitrogens with zero attached hydrogens (tertiary/aromatic N) is 6. The standard InChI is InChI=1S/C27H39N9O12/c1-25(2)16(40)31(19(43)28-25)7-13(37)10-34-22(46)35(11-14(38)8-32-17(41)26(3,4)29-20(32)44)24(48)36(23(34)47)12-15(39)9-33-18(42)27(5,6)30-21(33)45/h13-15,37-39H,7-12H2,1-6H3,(H,28,43)(H,29,44)(H,30,45)/t13-,14-,15+/m0/s1. The Hall–Kier alpha value is -4.89. The molecular weight excluding hydrogens is 642 g/mol. The summed E-state index contributed by atoms with van der Waals surface area (Å²) in [6, 6.07) is -2.51. The second-order valence-corrected chi connectivity index (χ2v) is 13.6. The maximum atomic E-state index is 13.5. The fourth-order valence-electron chi connectivity index (χ4n) is 5.54. The van der Waals surface area contributed by atoms with Crippen LogP contribution >= 0.6 is 0 Å². The van der Waals surface area contributed by atoms with E-state index in [4.69, 9.17) is 0 Å². The van der Waals surface area contributed by atoms with Crippen LogP contribution in [0.2, 0.25) is 0 Å². The molecule has 3 atom stereocenters. The average molecular weight is 682 g/mol. The number of amides is 9. The van der Waals surface area contributed by atoms with E-state index >= 15 is 0 Å². The lowest BCUT2D eigenvalue weighted by atomic mass is 10.1. The van der Waals surface area contributed by atoms with Crippen LogP contribution in [0.1, 0.15) is 41.5 Å². The van der Waals surface area contributed by atoms with E-state index in [9.17, 15) is 58.5 Å². The summed E-state index contributed by atoms with van der Waals surface area (Å²) in [5, 5.41) is 39.6. The van der Waals surface area contributed by atoms with Gasteiger partial charge in [0, 0.05) is 0 Å². The van der Waals surface area contributed by atoms with Crippen LogP contribution < -0.4 is 33.0 Å². The highest BCUT2D eigenvalue weighted by Gasteiger charge is 2.47. The number of urea groups is 3. The molecule has 1 aromatic rings. The summed E-state index contributed by atoms with van der Waals surface area (Å²) in [5.41, 5.74) is -7.90. The molecule has 1 aromatic heterocycles. The molecule has 21 heteroatoms. The van der Waals surface area contributed by atoms with Gasteiger partial charge in [-0.1, -0.05) is 0 Å². The van der Waals surface area contributed by atoms with Crippen molar-refractivity contribution in [2.75, 3.05) is 19.6 Å². The lowest BCUT2D eigenvalue weighted by Gasteiger charge is -2.23. The second-order valence-electron chi connectivity index (χ2n) is 13.6. The molecule has 3 aliphatic rings. The number of carbonyl (C=O) groups is 6. The number of imide groups is 3. The van der Waals surface area contributed by atoms with Gasteiger partial charge in [-0.05, 0) is 41.5 Å². The van der Waals surface area contributed by atoms with Crippen LogP contribution in [0.15, 0.2) is 14.4 Å². The molecule has 6 N–H and O–H groups in total. The molecule has 0 saturated carbocycles. The molecule has 48 heavy (non-hydrogen) atoms. The normalized spacial score (nSPS) is 21.8. The van der Waals surface area contributed by atoms with Gasteiger partial charge in [0.1, 0.15) is 16.6 Å². The monoisotopic (exact) mass is 681 g/mol. The molecule has 0 unspecified atom stereocenters. The number of β-amino-alcohol motifs (C(OH)–C–C–N with tert-alkyl or cyclic N) is 3. The molecule has 3 saturated heterocycles. The van der Waals surface area contributed by atoms with E-state index in [1.54, 1.807) is 0 Å². The van der Waals surface area contributed by atoms with Crippen molar-refractivity contribution in [3.63, 3.8) is 0 Å². The van der Waals surface area contributed by atoms with Gasteiger partial charge in [0.2, 0.25) is 0 Å². The third-order valence-corrected chi connectivity index (χ3v) is 8.08. The number of rotatable bonds is 12. The van der Waals surface area contributed by atoms with Gasteiger partial charge in [-0.2, -0.15) is 0 Å². The molecule has 21 nitrogen and oxygen atoms in total. The van der Waals surface area contributed by atoms with Crippen LogP contribution in [0.5, 0.6) is 0 Å². The Balaban J connectivity index is 1.66. The summed E-state index contributed by atoms with van der Waals surface area (Å²) < 4.78 is 1.13. The van der Waals surface area contributed by atoms with Crippen molar-refractivity contribution in [1.29, 1.82) is 0 Å². The zero-order chi connectivity index (χ0) is 36.3. The van der Waals surface area contributed by atoms with Gasteiger partial charge < -0.3 is 31.3 Å². The van der Waals surface area contributed by atoms with Crippen molar-refractivity contribution in [3.05, 3.63) is 31.5 Å². The first kappa shape index (κ1) is 36.0. The topological polar surface area (TPSA) is 275 Å². The molecule has 3 aliphatic heterocycles. The van der Waals surface area contributed by atoms with Crippen molar-refractivity contribution in [2.45, 2.75) is 96.1 Å². The largest absolute Gasteiger partial charge is 0.389 e. The summed E-state index contributed by atoms with van der Waals surface area (Å²) >= 11 is 0. The fraction of sp³-hybridized carbons (Fsp3) is 0.667. The van der Waals surface area contributed by atoms with Gasteiger partial charge in [0.15, 0.2) is 0 Å². The minimum Gasteiger partial charge on any atom is -0.389 e. The van der Waals surface area contributed by atoms with E-state index in [1.807, 2.05) is 0 Å². The Kier molecular flexibility index (Phi) is 9.20. The second kappa shape index (κ2) is 12.3. The molecule has 0 spiro atoms. The molecule has 4 heterocycles. The van der Waals surface area contributed by atoms with Gasteiger partial charge in [-0.15, -0.1) is 0 Å². The lowest BCUT2D eigenvalue weighted by Crippen LogP contribution is -2.58. The first-order valence-corrected chi connectivity index (χ1v) is 14.9. The average Bonchev–Trinajstić information content (AvgIpc) is 3.38. The smallest absolute Gasteiger partial charge is 0.336 e. The van der Waals surface area contributed by atoms with Crippen molar-refractivity contribution < 1.29 is 44.1 Å². The first-order valence-electron chi connectivity index (χ1n) is 14.9. The van der Waals surface area contributed by atoms with E-state index in [0.717, 1.165) is 0 Å². The predicted octanol–water partition coefficient (Wildman–Crippen LogP) is -4.75. The highest BCUT2D eigenvalue weighted by molar-refractivity contribution is 6.07. The molecule has 4 rings (SSSR count). The summed E-state index contributed by atoms with van der Waals surface area (Å²) in [5.74, 6) is -2.08. The van der Waals surface area contributed by atoms with Crippen molar-refractivity contribution in [3.8, 4) is 0 Å². The van der Waals surface area contributed by atoms with Crippen molar-refractivity contribution >= 4 is 35.8 Å². The fourth-order valence-corrected chi connectivity index (χ4v) is 5.54. The summed E-state index contributed by atoms with van der Waals surface area (Å²) in [6.07, 6.45) is -5.18. The van der Waals surface area contributed by atoms with Crippen LogP contribution in [-0.2, 0) is 34.0 Å². The minimum atomic E-state index is -1.73. The van der Waals surface area contributed by atoms with E-state index in [0.29, 0.717) is 28.4 Å². The summed E-state index contributed by atoms with van der Waals surface area (Å²) in [4.78, 5) is 117. The number of hydrogen-bond donors (Lipinski definition) is 6. The SMILES string of the molecule is CC1(C)NC(=O)N(C[C@@H](O)Cn2c(=O)n(C[C@@H](O)CN3C(=O)NC(C)(C)C3=O)c(=O)n(C[C@@H](O)CN3C(=O)NC(C)(C)C3=O)c2=O)C1=O. The zero-order valence-electron chi connectivity index (χ0n) is 27.2. The maximum absolute atomic E-state index is 13.5. The molecule has 0 aliphatic carbocycles. The number of carbonyl (C=O) groups excluding carboxylic acids is 6. The highest BCUT2D eigenvalue weighted by atomic mass is 16.3. The van der Waals surface area contributed by atoms with Crippen LogP contribution in [-0.4, -0.2) is 134 Å². The van der Waals surface area contributed by atoms with Crippen LogP contribution in [0, 0.1) is 0 Å². The minimum absolute atomic E-state index is 0.378. The summed E-state index contributed by atoms with van der Waals surface area (Å²) in [7, 11) is 0. The molecule has 264 valence electrons. The van der Waals surface area contributed by atoms with Gasteiger partial charge in [0.25, 0.3) is 17.7 Å². The van der Waals surface area contributed by atoms with E-state index in [-0.39, 0.29) is 0 Å². The Morgan fingerprint density at radius 3 is 0.812 bits per heavy atom. The van der Waals surface area contributed by atoms with E-state index in [1.165, 1.54) is 41.5 Å². The number of aromatic nitrogens is 3. The van der Waals surface area contributed by atoms with Crippen LogP contribution in [0.4, 0.5) is 14.4 Å². The van der Waals surface area contributed by atoms with Gasteiger partial charge >= 0.3 is 35.2 Å². The predicted molar refractivity (Wildman–Crippen MR) is 160 cm³/mol. The molecule has 3 fully saturated rings. The number of aliphatic hydroxyl groups is 3. The van der Waals surface area contributed by atoms with Crippen LogP contribution in [0.3, 0.4) is 0 Å². The van der Waals surface area contributed by atoms with Crippen molar-refractivity contribution in [2.24, 2.45) is 0 Å². The Bertz CT molecular complexity index is 1530. The van der Waals surface area contributed by atoms with Crippen LogP contribution in [0.25, 0.3) is 0 Å². The van der Waals surface area contributed by atoms with Gasteiger partial charge in [-0.25, -0.2) is 42.5 Å². The van der Waals surface area contributed by atoms with Gasteiger partial charge in [0.05, 0.1) is 57.6 Å². The zero-order valence-corrected chi connectivity index (χ0v) is 27.2. The van der Waals surface area contributed by atoms with Crippen molar-refractivity contribution in [1.82, 2.24) is 44.4 Å². The molecule has 0 bridgehead atoms. The number of aliphatic hydroxyl groups excluding tert-OH is 3. The van der Waals surface area contributed by atoms with E-state index < -0.39 is 127 Å². The lowest BCUT2D eigenvalue weighted by molar-refractivity contribution is -0.131. The maximum Gasteiger partial charge on any atom is 0.336 e. The third kappa shape index (κ3) is 6.60. The van der Waals surface area contributed by atoms with E-state index in [2.05, 4.69) is 16.0 Å². The Labute approximate surface area is 271 Å². The number of nitrogens with one attached hydrogen (secondary N) is 3. The molecule has 0 radical (unpaired) electrons. The highest BCUT2D eigenvalue weighted by Crippen LogP contribution is 2.19. The Morgan fingerprint density at radius 1 is 0.438 bits per heavy atom. The summed E-state index contributed by atoms with van der Waals surface area (Å²) in [6.45, 7) is 3.97. The van der Waals surface area contributed by atoms with Gasteiger partial charge in [-0.3, -0.25) is 29.1 Å². The third-order valence-electron chi connectivity index (χ3n) is 8.08. The molecular formula is C27H39N9O12. The molecule has 9 amide bonds. The first-order chi connectivity index (χ1) is 22.0. The number of hydrogen-bond acceptors (Lipinski definition) is 12. The quantitative estimate of drug-likeness (QED) is 0.114. The Morgan fingerprint density at radius 2 is 0.646 bits per heavy atom. The molecule has 0 aromatic carbocycles.